The average molecular weight is 218 g/mol. The molecule has 2 rings (SSSR count). The zero-order valence-electron chi connectivity index (χ0n) is 9.04. The Morgan fingerprint density at radius 3 is 2.94 bits per heavy atom. The second-order valence-electron chi connectivity index (χ2n) is 3.76. The number of rotatable bonds is 2. The fourth-order valence-electron chi connectivity index (χ4n) is 1.71. The van der Waals surface area contributed by atoms with Gasteiger partial charge in [-0.25, -0.2) is 0 Å². The van der Waals surface area contributed by atoms with Crippen LogP contribution in [0.4, 0.5) is 5.69 Å². The standard InChI is InChI=1S/C11H14N4O/c1-8-3-2-6-15(8)9-4-5-10(13-7-9)11(12)14-16/h2,4-8,16H,3H2,1H3,(H2,12,14). The summed E-state index contributed by atoms with van der Waals surface area (Å²) in [6.07, 6.45) is 6.94. The van der Waals surface area contributed by atoms with Gasteiger partial charge in [0.2, 0.25) is 0 Å². The van der Waals surface area contributed by atoms with Crippen molar-refractivity contribution in [2.45, 2.75) is 19.4 Å². The molecule has 0 aliphatic carbocycles. The van der Waals surface area contributed by atoms with Crippen LogP contribution in [0, 0.1) is 0 Å². The highest BCUT2D eigenvalue weighted by atomic mass is 16.4. The predicted molar refractivity (Wildman–Crippen MR) is 62.4 cm³/mol. The summed E-state index contributed by atoms with van der Waals surface area (Å²) >= 11 is 0. The van der Waals surface area contributed by atoms with Gasteiger partial charge in [-0.05, 0) is 25.5 Å². The van der Waals surface area contributed by atoms with Gasteiger partial charge in [-0.2, -0.15) is 0 Å². The smallest absolute Gasteiger partial charge is 0.188 e. The Labute approximate surface area is 93.9 Å². The molecular formula is C11H14N4O. The lowest BCUT2D eigenvalue weighted by Gasteiger charge is -2.21. The van der Waals surface area contributed by atoms with Gasteiger partial charge in [0, 0.05) is 12.2 Å². The molecule has 0 saturated heterocycles. The summed E-state index contributed by atoms with van der Waals surface area (Å²) in [5.74, 6) is 0.0246. The summed E-state index contributed by atoms with van der Waals surface area (Å²) in [5, 5.41) is 11.4. The number of nitrogens with zero attached hydrogens (tertiary/aromatic N) is 3. The van der Waals surface area contributed by atoms with E-state index >= 15 is 0 Å². The molecule has 0 aromatic carbocycles. The Kier molecular flexibility index (Phi) is 2.76. The molecule has 0 spiro atoms. The molecule has 0 bridgehead atoms. The van der Waals surface area contributed by atoms with Crippen LogP contribution in [-0.4, -0.2) is 22.1 Å². The highest BCUT2D eigenvalue weighted by Crippen LogP contribution is 2.22. The number of amidine groups is 1. The van der Waals surface area contributed by atoms with E-state index in [1.54, 1.807) is 12.3 Å². The Balaban J connectivity index is 2.22. The molecule has 1 aliphatic heterocycles. The third-order valence-corrected chi connectivity index (χ3v) is 2.63. The zero-order valence-corrected chi connectivity index (χ0v) is 9.04. The number of pyridine rings is 1. The molecule has 1 aromatic rings. The molecule has 0 amide bonds. The van der Waals surface area contributed by atoms with Gasteiger partial charge >= 0.3 is 0 Å². The molecule has 1 unspecified atom stereocenters. The van der Waals surface area contributed by atoms with Crippen LogP contribution in [0.3, 0.4) is 0 Å². The van der Waals surface area contributed by atoms with E-state index in [-0.39, 0.29) is 5.84 Å². The molecule has 16 heavy (non-hydrogen) atoms. The Morgan fingerprint density at radius 1 is 1.62 bits per heavy atom. The number of nitrogens with two attached hydrogens (primary N) is 1. The maximum atomic E-state index is 8.51. The van der Waals surface area contributed by atoms with Crippen LogP contribution in [0.1, 0.15) is 19.0 Å². The molecule has 1 aliphatic rings. The first-order valence-electron chi connectivity index (χ1n) is 5.11. The molecule has 3 N–H and O–H groups in total. The van der Waals surface area contributed by atoms with Crippen molar-refractivity contribution in [1.82, 2.24) is 4.98 Å². The van der Waals surface area contributed by atoms with E-state index in [9.17, 15) is 0 Å². The highest BCUT2D eigenvalue weighted by molar-refractivity contribution is 5.95. The highest BCUT2D eigenvalue weighted by Gasteiger charge is 2.15. The Bertz CT molecular complexity index is 424. The predicted octanol–water partition coefficient (Wildman–Crippen LogP) is 1.29. The topological polar surface area (TPSA) is 74.7 Å². The summed E-state index contributed by atoms with van der Waals surface area (Å²) in [7, 11) is 0. The van der Waals surface area contributed by atoms with Crippen LogP contribution in [0.5, 0.6) is 0 Å². The minimum Gasteiger partial charge on any atom is -0.409 e. The first-order chi connectivity index (χ1) is 7.72. The number of aromatic nitrogens is 1. The molecular weight excluding hydrogens is 204 g/mol. The van der Waals surface area contributed by atoms with Gasteiger partial charge in [-0.15, -0.1) is 0 Å². The minimum absolute atomic E-state index is 0.0246. The third kappa shape index (κ3) is 1.84. The van der Waals surface area contributed by atoms with Gasteiger partial charge in [0.1, 0.15) is 5.69 Å². The molecule has 84 valence electrons. The molecule has 1 atom stereocenters. The average Bonchev–Trinajstić information content (AvgIpc) is 2.75. The molecule has 5 heteroatoms. The summed E-state index contributed by atoms with van der Waals surface area (Å²) in [5.41, 5.74) is 6.92. The van der Waals surface area contributed by atoms with Crippen molar-refractivity contribution in [3.8, 4) is 0 Å². The summed E-state index contributed by atoms with van der Waals surface area (Å²) in [6, 6.07) is 4.10. The second kappa shape index (κ2) is 4.22. The van der Waals surface area contributed by atoms with Crippen LogP contribution in [0.25, 0.3) is 0 Å². The minimum atomic E-state index is 0.0246. The Hall–Kier alpha value is -2.04. The molecule has 0 fully saturated rings. The van der Waals surface area contributed by atoms with Gasteiger partial charge in [0.05, 0.1) is 11.9 Å². The van der Waals surface area contributed by atoms with Crippen LogP contribution < -0.4 is 10.6 Å². The maximum Gasteiger partial charge on any atom is 0.188 e. The fraction of sp³-hybridized carbons (Fsp3) is 0.273. The molecule has 1 aromatic heterocycles. The van der Waals surface area contributed by atoms with Gasteiger partial charge < -0.3 is 15.8 Å². The van der Waals surface area contributed by atoms with Crippen molar-refractivity contribution in [2.24, 2.45) is 10.9 Å². The van der Waals surface area contributed by atoms with Gasteiger partial charge in [-0.3, -0.25) is 4.98 Å². The number of hydrogen-bond donors (Lipinski definition) is 2. The summed E-state index contributed by atoms with van der Waals surface area (Å²) in [4.78, 5) is 6.28. The van der Waals surface area contributed by atoms with Crippen LogP contribution in [-0.2, 0) is 0 Å². The summed E-state index contributed by atoms with van der Waals surface area (Å²) in [6.45, 7) is 2.15. The van der Waals surface area contributed by atoms with E-state index in [1.807, 2.05) is 12.3 Å². The van der Waals surface area contributed by atoms with E-state index in [2.05, 4.69) is 28.0 Å². The SMILES string of the molecule is CC1CC=CN1c1ccc(/C(N)=N/O)nc1. The fourth-order valence-corrected chi connectivity index (χ4v) is 1.71. The van der Waals surface area contributed by atoms with Gasteiger partial charge in [0.25, 0.3) is 0 Å². The second-order valence-corrected chi connectivity index (χ2v) is 3.76. The Morgan fingerprint density at radius 2 is 2.44 bits per heavy atom. The number of hydrogen-bond acceptors (Lipinski definition) is 4. The van der Waals surface area contributed by atoms with Crippen molar-refractivity contribution in [1.29, 1.82) is 0 Å². The third-order valence-electron chi connectivity index (χ3n) is 2.63. The van der Waals surface area contributed by atoms with Crippen LogP contribution in [0.2, 0.25) is 0 Å². The van der Waals surface area contributed by atoms with E-state index in [4.69, 9.17) is 10.9 Å². The lowest BCUT2D eigenvalue weighted by molar-refractivity contribution is 0.318. The molecule has 0 radical (unpaired) electrons. The normalized spacial score (nSPS) is 20.4. The summed E-state index contributed by atoms with van der Waals surface area (Å²) < 4.78 is 0. The van der Waals surface area contributed by atoms with Crippen molar-refractivity contribution in [2.75, 3.05) is 4.90 Å². The first-order valence-corrected chi connectivity index (χ1v) is 5.11. The van der Waals surface area contributed by atoms with Crippen LogP contribution >= 0.6 is 0 Å². The lowest BCUT2D eigenvalue weighted by atomic mass is 10.2. The molecule has 0 saturated carbocycles. The van der Waals surface area contributed by atoms with Crippen molar-refractivity contribution >= 4 is 11.5 Å². The monoisotopic (exact) mass is 218 g/mol. The lowest BCUT2D eigenvalue weighted by Crippen LogP contribution is -2.23. The first kappa shape index (κ1) is 10.5. The van der Waals surface area contributed by atoms with Gasteiger partial charge in [0.15, 0.2) is 5.84 Å². The number of oxime groups is 1. The maximum absolute atomic E-state index is 8.51. The van der Waals surface area contributed by atoms with Crippen molar-refractivity contribution < 1.29 is 5.21 Å². The molecule has 5 nitrogen and oxygen atoms in total. The van der Waals surface area contributed by atoms with E-state index < -0.39 is 0 Å². The van der Waals surface area contributed by atoms with Crippen molar-refractivity contribution in [3.05, 3.63) is 36.3 Å². The number of anilines is 1. The largest absolute Gasteiger partial charge is 0.409 e. The molecule has 2 heterocycles. The van der Waals surface area contributed by atoms with E-state index in [1.165, 1.54) is 0 Å². The van der Waals surface area contributed by atoms with E-state index in [0.29, 0.717) is 11.7 Å². The van der Waals surface area contributed by atoms with Crippen LogP contribution in [0.15, 0.2) is 35.8 Å². The quantitative estimate of drug-likeness (QED) is 0.339. The van der Waals surface area contributed by atoms with E-state index in [0.717, 1.165) is 12.1 Å². The zero-order chi connectivity index (χ0) is 11.5. The van der Waals surface area contributed by atoms with Crippen molar-refractivity contribution in [3.63, 3.8) is 0 Å². The van der Waals surface area contributed by atoms with Gasteiger partial charge in [-0.1, -0.05) is 11.2 Å².